The zero-order valence-corrected chi connectivity index (χ0v) is 50.8. The summed E-state index contributed by atoms with van der Waals surface area (Å²) in [4.78, 5) is 38.2. The van der Waals surface area contributed by atoms with Gasteiger partial charge in [0.1, 0.15) is 13.2 Å². The Bertz CT molecular complexity index is 1360. The standard InChI is InChI=1S/C70H126O6/c1-4-7-10-13-16-19-22-25-27-28-29-30-31-32-33-34-35-36-37-38-39-40-41-42-43-46-48-51-54-57-60-63-69(72)75-66-67(65-74-68(71)62-59-56-53-50-47-44-24-21-18-15-12-9-6-3)76-70(73)64-61-58-55-52-49-45-26-23-20-17-14-11-8-5-2/h12,15,21-22,24-25,28-29,31-32,67H,4-11,13-14,16-20,23,26-27,30,33-66H2,1-3H3/b15-12-,24-21-,25-22-,29-28-,32-31-. The Hall–Kier alpha value is -2.89. The molecule has 0 radical (unpaired) electrons. The van der Waals surface area contributed by atoms with Crippen LogP contribution in [-0.4, -0.2) is 37.2 Å². The molecule has 6 heteroatoms. The fraction of sp³-hybridized carbons (Fsp3) is 0.814. The molecule has 0 rings (SSSR count). The van der Waals surface area contributed by atoms with Crippen LogP contribution >= 0.6 is 0 Å². The monoisotopic (exact) mass is 1060 g/mol. The average Bonchev–Trinajstić information content (AvgIpc) is 3.42. The van der Waals surface area contributed by atoms with Gasteiger partial charge in [0, 0.05) is 19.3 Å². The van der Waals surface area contributed by atoms with Crippen molar-refractivity contribution in [1.82, 2.24) is 0 Å². The van der Waals surface area contributed by atoms with E-state index in [1.807, 2.05) is 0 Å². The van der Waals surface area contributed by atoms with Crippen LogP contribution in [0.25, 0.3) is 0 Å². The van der Waals surface area contributed by atoms with Gasteiger partial charge >= 0.3 is 17.9 Å². The minimum atomic E-state index is -0.777. The van der Waals surface area contributed by atoms with E-state index >= 15 is 0 Å². The van der Waals surface area contributed by atoms with Gasteiger partial charge in [-0.1, -0.05) is 306 Å². The first kappa shape index (κ1) is 73.1. The van der Waals surface area contributed by atoms with Crippen LogP contribution in [0.4, 0.5) is 0 Å². The molecular formula is C70H126O6. The molecule has 0 bridgehead atoms. The molecule has 0 fully saturated rings. The third kappa shape index (κ3) is 62.0. The van der Waals surface area contributed by atoms with Crippen LogP contribution < -0.4 is 0 Å². The van der Waals surface area contributed by atoms with Crippen LogP contribution in [0.3, 0.4) is 0 Å². The maximum atomic E-state index is 12.9. The van der Waals surface area contributed by atoms with Crippen molar-refractivity contribution in [2.75, 3.05) is 13.2 Å². The van der Waals surface area contributed by atoms with Gasteiger partial charge in [0.15, 0.2) is 6.10 Å². The molecule has 0 spiro atoms. The highest BCUT2D eigenvalue weighted by atomic mass is 16.6. The van der Waals surface area contributed by atoms with Crippen molar-refractivity contribution in [3.05, 3.63) is 60.8 Å². The van der Waals surface area contributed by atoms with E-state index in [1.165, 1.54) is 212 Å². The molecule has 0 aromatic carbocycles. The Balaban J connectivity index is 4.14. The molecule has 0 N–H and O–H groups in total. The topological polar surface area (TPSA) is 78.9 Å². The molecule has 0 saturated carbocycles. The smallest absolute Gasteiger partial charge is 0.306 e. The van der Waals surface area contributed by atoms with E-state index in [0.717, 1.165) is 96.3 Å². The van der Waals surface area contributed by atoms with Gasteiger partial charge < -0.3 is 14.2 Å². The van der Waals surface area contributed by atoms with Gasteiger partial charge in [0.05, 0.1) is 0 Å². The maximum Gasteiger partial charge on any atom is 0.306 e. The zero-order valence-electron chi connectivity index (χ0n) is 50.8. The van der Waals surface area contributed by atoms with Gasteiger partial charge in [0.2, 0.25) is 0 Å². The zero-order chi connectivity index (χ0) is 55.0. The molecule has 1 atom stereocenters. The van der Waals surface area contributed by atoms with Crippen LogP contribution in [-0.2, 0) is 28.6 Å². The van der Waals surface area contributed by atoms with Gasteiger partial charge in [-0.05, 0) is 83.5 Å². The number of allylic oxidation sites excluding steroid dienone is 10. The third-order valence-electron chi connectivity index (χ3n) is 14.7. The van der Waals surface area contributed by atoms with Crippen molar-refractivity contribution in [2.24, 2.45) is 0 Å². The SMILES string of the molecule is CCC/C=C\C/C=C\CCCCCCCC(=O)OCC(COC(=O)CCCCCCCCCCCCCCCCCC/C=C\C/C=C\C/C=C\CCCCCCC)OC(=O)CCCCCCCCCCCCCCCC. The van der Waals surface area contributed by atoms with Gasteiger partial charge in [-0.15, -0.1) is 0 Å². The Labute approximate surface area is 472 Å². The van der Waals surface area contributed by atoms with Gasteiger partial charge in [-0.25, -0.2) is 0 Å². The van der Waals surface area contributed by atoms with Crippen molar-refractivity contribution in [3.8, 4) is 0 Å². The molecule has 0 aliphatic carbocycles. The molecule has 0 saturated heterocycles. The normalized spacial score (nSPS) is 12.4. The summed E-state index contributed by atoms with van der Waals surface area (Å²) in [6, 6.07) is 0. The van der Waals surface area contributed by atoms with Crippen LogP contribution in [0.5, 0.6) is 0 Å². The number of rotatable bonds is 61. The summed E-state index contributed by atoms with van der Waals surface area (Å²) >= 11 is 0. The van der Waals surface area contributed by atoms with Crippen LogP contribution in [0.15, 0.2) is 60.8 Å². The van der Waals surface area contributed by atoms with E-state index in [0.29, 0.717) is 19.3 Å². The summed E-state index contributed by atoms with van der Waals surface area (Å²) in [5, 5.41) is 0. The second-order valence-electron chi connectivity index (χ2n) is 22.4. The molecule has 0 aliphatic rings. The Morgan fingerprint density at radius 1 is 0.263 bits per heavy atom. The fourth-order valence-electron chi connectivity index (χ4n) is 9.73. The van der Waals surface area contributed by atoms with Gasteiger partial charge in [-0.3, -0.25) is 14.4 Å². The lowest BCUT2D eigenvalue weighted by Gasteiger charge is -2.18. The van der Waals surface area contributed by atoms with Crippen molar-refractivity contribution in [3.63, 3.8) is 0 Å². The molecule has 0 aromatic rings. The van der Waals surface area contributed by atoms with Gasteiger partial charge in [-0.2, -0.15) is 0 Å². The van der Waals surface area contributed by atoms with E-state index in [1.54, 1.807) is 0 Å². The predicted molar refractivity (Wildman–Crippen MR) is 330 cm³/mol. The lowest BCUT2D eigenvalue weighted by Crippen LogP contribution is -2.30. The van der Waals surface area contributed by atoms with Crippen LogP contribution in [0, 0.1) is 0 Å². The minimum Gasteiger partial charge on any atom is -0.462 e. The number of carbonyl (C=O) groups is 3. The minimum absolute atomic E-state index is 0.0745. The van der Waals surface area contributed by atoms with Gasteiger partial charge in [0.25, 0.3) is 0 Å². The number of hydrogen-bond donors (Lipinski definition) is 0. The summed E-state index contributed by atoms with van der Waals surface area (Å²) in [6.45, 7) is 6.60. The Morgan fingerprint density at radius 2 is 0.500 bits per heavy atom. The lowest BCUT2D eigenvalue weighted by molar-refractivity contribution is -0.167. The summed E-state index contributed by atoms with van der Waals surface area (Å²) in [6.07, 6.45) is 82.4. The van der Waals surface area contributed by atoms with E-state index in [9.17, 15) is 14.4 Å². The Morgan fingerprint density at radius 3 is 0.789 bits per heavy atom. The maximum absolute atomic E-state index is 12.9. The van der Waals surface area contributed by atoms with Crippen molar-refractivity contribution in [2.45, 2.75) is 354 Å². The second-order valence-corrected chi connectivity index (χ2v) is 22.4. The molecule has 0 amide bonds. The molecule has 1 unspecified atom stereocenters. The summed E-state index contributed by atoms with van der Waals surface area (Å²) in [5.41, 5.74) is 0. The fourth-order valence-corrected chi connectivity index (χ4v) is 9.73. The van der Waals surface area contributed by atoms with Crippen molar-refractivity contribution in [1.29, 1.82) is 0 Å². The first-order valence-electron chi connectivity index (χ1n) is 33.3. The van der Waals surface area contributed by atoms with E-state index in [-0.39, 0.29) is 31.1 Å². The molecule has 0 aliphatic heterocycles. The second kappa shape index (κ2) is 64.6. The number of hydrogen-bond acceptors (Lipinski definition) is 6. The number of ether oxygens (including phenoxy) is 3. The van der Waals surface area contributed by atoms with E-state index < -0.39 is 6.10 Å². The first-order chi connectivity index (χ1) is 37.5. The number of unbranched alkanes of at least 4 members (excludes halogenated alkanes) is 40. The van der Waals surface area contributed by atoms with Crippen LogP contribution in [0.1, 0.15) is 348 Å². The quantitative estimate of drug-likeness (QED) is 0.0261. The van der Waals surface area contributed by atoms with E-state index in [2.05, 4.69) is 81.5 Å². The van der Waals surface area contributed by atoms with Crippen LogP contribution in [0.2, 0.25) is 0 Å². The third-order valence-corrected chi connectivity index (χ3v) is 14.7. The molecule has 0 aromatic heterocycles. The average molecular weight is 1060 g/mol. The highest BCUT2D eigenvalue weighted by Crippen LogP contribution is 2.17. The molecule has 6 nitrogen and oxygen atoms in total. The molecule has 0 heterocycles. The summed E-state index contributed by atoms with van der Waals surface area (Å²) in [5.74, 6) is -0.871. The summed E-state index contributed by atoms with van der Waals surface area (Å²) in [7, 11) is 0. The lowest BCUT2D eigenvalue weighted by atomic mass is 10.0. The number of esters is 3. The highest BCUT2D eigenvalue weighted by molar-refractivity contribution is 5.71. The van der Waals surface area contributed by atoms with Crippen molar-refractivity contribution >= 4 is 17.9 Å². The molecule has 442 valence electrons. The number of carbonyl (C=O) groups excluding carboxylic acids is 3. The Kier molecular flexibility index (Phi) is 62.2. The molecule has 76 heavy (non-hydrogen) atoms. The summed E-state index contributed by atoms with van der Waals surface area (Å²) < 4.78 is 16.9. The van der Waals surface area contributed by atoms with E-state index in [4.69, 9.17) is 14.2 Å². The highest BCUT2D eigenvalue weighted by Gasteiger charge is 2.19. The predicted octanol–water partition coefficient (Wildman–Crippen LogP) is 22.7. The molecular weight excluding hydrogens is 937 g/mol. The first-order valence-corrected chi connectivity index (χ1v) is 33.3. The largest absolute Gasteiger partial charge is 0.462 e. The van der Waals surface area contributed by atoms with Crippen molar-refractivity contribution < 1.29 is 28.6 Å².